The molecule has 0 aliphatic carbocycles. The average Bonchev–Trinajstić information content (AvgIpc) is 2.64. The number of benzene rings is 2. The number of ether oxygens (including phenoxy) is 3. The van der Waals surface area contributed by atoms with Gasteiger partial charge in [-0.25, -0.2) is 4.39 Å². The number of hydrogen-bond donors (Lipinski definition) is 1. The highest BCUT2D eigenvalue weighted by molar-refractivity contribution is 5.85. The summed E-state index contributed by atoms with van der Waals surface area (Å²) >= 11 is 0. The molecular formula is C20H27ClFNO3. The second-order valence-corrected chi connectivity index (χ2v) is 5.56. The summed E-state index contributed by atoms with van der Waals surface area (Å²) < 4.78 is 30.4. The van der Waals surface area contributed by atoms with Gasteiger partial charge in [0.25, 0.3) is 0 Å². The van der Waals surface area contributed by atoms with Crippen molar-refractivity contribution in [1.29, 1.82) is 0 Å². The SMILES string of the molecule is CCOCCCNCc1cccc(OC)c1OCc1ccccc1F.Cl. The van der Waals surface area contributed by atoms with E-state index in [4.69, 9.17) is 14.2 Å². The van der Waals surface area contributed by atoms with E-state index in [0.29, 0.717) is 23.6 Å². The van der Waals surface area contributed by atoms with Gasteiger partial charge in [0, 0.05) is 30.9 Å². The molecule has 0 aliphatic heterocycles. The van der Waals surface area contributed by atoms with E-state index in [2.05, 4.69) is 5.32 Å². The molecule has 0 unspecified atom stereocenters. The maximum Gasteiger partial charge on any atom is 0.166 e. The molecule has 0 aliphatic rings. The normalized spacial score (nSPS) is 10.3. The molecular weight excluding hydrogens is 357 g/mol. The summed E-state index contributed by atoms with van der Waals surface area (Å²) in [5.41, 5.74) is 1.50. The topological polar surface area (TPSA) is 39.7 Å². The first kappa shape index (κ1) is 22.2. The van der Waals surface area contributed by atoms with Crippen molar-refractivity contribution in [3.63, 3.8) is 0 Å². The largest absolute Gasteiger partial charge is 0.493 e. The van der Waals surface area contributed by atoms with Crippen molar-refractivity contribution in [3.8, 4) is 11.5 Å². The molecule has 0 amide bonds. The van der Waals surface area contributed by atoms with Gasteiger partial charge in [0.15, 0.2) is 11.5 Å². The highest BCUT2D eigenvalue weighted by Crippen LogP contribution is 2.32. The fourth-order valence-corrected chi connectivity index (χ4v) is 2.46. The van der Waals surface area contributed by atoms with Crippen LogP contribution in [0.2, 0.25) is 0 Å². The Morgan fingerprint density at radius 3 is 2.54 bits per heavy atom. The lowest BCUT2D eigenvalue weighted by atomic mass is 10.1. The fraction of sp³-hybridized carbons (Fsp3) is 0.400. The number of hydrogen-bond acceptors (Lipinski definition) is 4. The Hall–Kier alpha value is -1.82. The summed E-state index contributed by atoms with van der Waals surface area (Å²) in [6, 6.07) is 12.4. The number of methoxy groups -OCH3 is 1. The Balaban J connectivity index is 0.00000338. The van der Waals surface area contributed by atoms with Crippen LogP contribution in [0.15, 0.2) is 42.5 Å². The van der Waals surface area contributed by atoms with E-state index >= 15 is 0 Å². The van der Waals surface area contributed by atoms with Gasteiger partial charge in [-0.2, -0.15) is 0 Å². The molecule has 0 saturated heterocycles. The lowest BCUT2D eigenvalue weighted by Crippen LogP contribution is -2.17. The third-order valence-corrected chi connectivity index (χ3v) is 3.77. The first-order valence-corrected chi connectivity index (χ1v) is 8.56. The van der Waals surface area contributed by atoms with Crippen molar-refractivity contribution in [2.75, 3.05) is 26.9 Å². The van der Waals surface area contributed by atoms with Crippen molar-refractivity contribution >= 4 is 12.4 Å². The van der Waals surface area contributed by atoms with E-state index in [1.807, 2.05) is 25.1 Å². The summed E-state index contributed by atoms with van der Waals surface area (Å²) in [5.74, 6) is 1.02. The molecule has 0 aromatic heterocycles. The summed E-state index contributed by atoms with van der Waals surface area (Å²) in [6.07, 6.45) is 0.948. The third-order valence-electron chi connectivity index (χ3n) is 3.77. The van der Waals surface area contributed by atoms with E-state index in [1.165, 1.54) is 6.07 Å². The standard InChI is InChI=1S/C20H26FNO3.ClH/c1-3-24-13-7-12-22-14-16-9-6-11-19(23-2)20(16)25-15-17-8-4-5-10-18(17)21;/h4-6,8-11,22H,3,7,12-15H2,1-2H3;1H. The Morgan fingerprint density at radius 2 is 1.81 bits per heavy atom. The van der Waals surface area contributed by atoms with Crippen LogP contribution in [-0.4, -0.2) is 26.9 Å². The Morgan fingerprint density at radius 1 is 1.04 bits per heavy atom. The quantitative estimate of drug-likeness (QED) is 0.585. The lowest BCUT2D eigenvalue weighted by molar-refractivity contribution is 0.144. The smallest absolute Gasteiger partial charge is 0.166 e. The minimum atomic E-state index is -0.270. The summed E-state index contributed by atoms with van der Waals surface area (Å²) in [6.45, 7) is 5.13. The number of halogens is 2. The molecule has 0 saturated carbocycles. The fourth-order valence-electron chi connectivity index (χ4n) is 2.46. The molecule has 0 heterocycles. The predicted molar refractivity (Wildman–Crippen MR) is 104 cm³/mol. The summed E-state index contributed by atoms with van der Waals surface area (Å²) in [5, 5.41) is 3.37. The monoisotopic (exact) mass is 383 g/mol. The van der Waals surface area contributed by atoms with Crippen molar-refractivity contribution in [2.45, 2.75) is 26.5 Å². The maximum absolute atomic E-state index is 13.8. The lowest BCUT2D eigenvalue weighted by Gasteiger charge is -2.16. The molecule has 1 N–H and O–H groups in total. The van der Waals surface area contributed by atoms with Gasteiger partial charge >= 0.3 is 0 Å². The van der Waals surface area contributed by atoms with Gasteiger partial charge in [-0.1, -0.05) is 30.3 Å². The Bertz CT molecular complexity index is 655. The summed E-state index contributed by atoms with van der Waals surface area (Å²) in [7, 11) is 1.60. The molecule has 0 fully saturated rings. The molecule has 0 bridgehead atoms. The third kappa shape index (κ3) is 6.83. The zero-order chi connectivity index (χ0) is 17.9. The van der Waals surface area contributed by atoms with Crippen molar-refractivity contribution < 1.29 is 18.6 Å². The van der Waals surface area contributed by atoms with Crippen LogP contribution in [0.25, 0.3) is 0 Å². The van der Waals surface area contributed by atoms with E-state index in [9.17, 15) is 4.39 Å². The van der Waals surface area contributed by atoms with Crippen LogP contribution >= 0.6 is 12.4 Å². The van der Waals surface area contributed by atoms with Gasteiger partial charge in [-0.3, -0.25) is 0 Å². The Labute approximate surface area is 161 Å². The van der Waals surface area contributed by atoms with Crippen LogP contribution in [0, 0.1) is 5.82 Å². The van der Waals surface area contributed by atoms with E-state index in [1.54, 1.807) is 25.3 Å². The van der Waals surface area contributed by atoms with Crippen molar-refractivity contribution in [2.24, 2.45) is 0 Å². The highest BCUT2D eigenvalue weighted by atomic mass is 35.5. The van der Waals surface area contributed by atoms with Gasteiger partial charge in [0.2, 0.25) is 0 Å². The average molecular weight is 384 g/mol. The molecule has 2 aromatic rings. The number of nitrogens with one attached hydrogen (secondary N) is 1. The van der Waals surface area contributed by atoms with E-state index in [-0.39, 0.29) is 24.8 Å². The van der Waals surface area contributed by atoms with Crippen LogP contribution in [0.5, 0.6) is 11.5 Å². The zero-order valence-corrected chi connectivity index (χ0v) is 16.1. The first-order chi connectivity index (χ1) is 12.3. The molecule has 0 radical (unpaired) electrons. The van der Waals surface area contributed by atoms with Crippen LogP contribution in [-0.2, 0) is 17.9 Å². The zero-order valence-electron chi connectivity index (χ0n) is 15.3. The molecule has 144 valence electrons. The number of rotatable bonds is 11. The molecule has 4 nitrogen and oxygen atoms in total. The molecule has 2 rings (SSSR count). The highest BCUT2D eigenvalue weighted by Gasteiger charge is 2.12. The van der Waals surface area contributed by atoms with Crippen molar-refractivity contribution in [3.05, 3.63) is 59.4 Å². The van der Waals surface area contributed by atoms with Gasteiger partial charge < -0.3 is 19.5 Å². The maximum atomic E-state index is 13.8. The van der Waals surface area contributed by atoms with Gasteiger partial charge in [0.1, 0.15) is 12.4 Å². The second kappa shape index (κ2) is 12.5. The van der Waals surface area contributed by atoms with Crippen molar-refractivity contribution in [1.82, 2.24) is 5.32 Å². The van der Waals surface area contributed by atoms with Crippen LogP contribution in [0.1, 0.15) is 24.5 Å². The second-order valence-electron chi connectivity index (χ2n) is 5.56. The van der Waals surface area contributed by atoms with E-state index < -0.39 is 0 Å². The molecule has 6 heteroatoms. The van der Waals surface area contributed by atoms with Gasteiger partial charge in [-0.15, -0.1) is 12.4 Å². The van der Waals surface area contributed by atoms with Crippen LogP contribution in [0.3, 0.4) is 0 Å². The molecule has 2 aromatic carbocycles. The Kier molecular flexibility index (Phi) is 10.7. The van der Waals surface area contributed by atoms with Crippen LogP contribution in [0.4, 0.5) is 4.39 Å². The first-order valence-electron chi connectivity index (χ1n) is 8.56. The predicted octanol–water partition coefficient (Wildman–Crippen LogP) is 4.35. The minimum Gasteiger partial charge on any atom is -0.493 e. The van der Waals surface area contributed by atoms with Crippen LogP contribution < -0.4 is 14.8 Å². The molecule has 26 heavy (non-hydrogen) atoms. The molecule has 0 atom stereocenters. The number of para-hydroxylation sites is 1. The van der Waals surface area contributed by atoms with Gasteiger partial charge in [-0.05, 0) is 32.0 Å². The van der Waals surface area contributed by atoms with Gasteiger partial charge in [0.05, 0.1) is 7.11 Å². The molecule has 0 spiro atoms. The minimum absolute atomic E-state index is 0. The van der Waals surface area contributed by atoms with E-state index in [0.717, 1.165) is 31.7 Å². The summed E-state index contributed by atoms with van der Waals surface area (Å²) in [4.78, 5) is 0.